The van der Waals surface area contributed by atoms with Crippen LogP contribution in [0.1, 0.15) is 64.4 Å². The van der Waals surface area contributed by atoms with Crippen molar-refractivity contribution >= 4 is 29.0 Å². The number of hydrogen-bond acceptors (Lipinski definition) is 7. The Morgan fingerprint density at radius 2 is 1.84 bits per heavy atom. The number of aromatic nitrogens is 3. The van der Waals surface area contributed by atoms with Crippen molar-refractivity contribution in [1.82, 2.24) is 19.4 Å². The van der Waals surface area contributed by atoms with Crippen LogP contribution in [-0.4, -0.2) is 68.9 Å². The Hall–Kier alpha value is -2.84. The molecule has 176 valence electrons. The van der Waals surface area contributed by atoms with Crippen molar-refractivity contribution in [2.75, 3.05) is 25.0 Å². The predicted molar refractivity (Wildman–Crippen MR) is 123 cm³/mol. The molecule has 9 nitrogen and oxygen atoms in total. The Bertz CT molecular complexity index is 1230. The number of hydrogen-bond donors (Lipinski definition) is 0. The van der Waals surface area contributed by atoms with Gasteiger partial charge in [0.2, 0.25) is 0 Å². The van der Waals surface area contributed by atoms with Crippen LogP contribution in [0, 0.1) is 5.92 Å². The summed E-state index contributed by atoms with van der Waals surface area (Å²) < 4.78 is 69.5. The first-order valence-electron chi connectivity index (χ1n) is 13.9. The molecule has 3 heterocycles. The fourth-order valence-electron chi connectivity index (χ4n) is 3.38. The molecule has 0 spiro atoms. The largest absolute Gasteiger partial charge is 0.444 e. The van der Waals surface area contributed by atoms with E-state index in [1.807, 2.05) is 0 Å². The van der Waals surface area contributed by atoms with Gasteiger partial charge in [0.15, 0.2) is 5.65 Å². The Labute approximate surface area is 199 Å². The molecule has 1 aliphatic heterocycles. The van der Waals surface area contributed by atoms with Gasteiger partial charge in [-0.3, -0.25) is 0 Å². The monoisotopic (exact) mass is 452 g/mol. The van der Waals surface area contributed by atoms with Gasteiger partial charge in [-0.1, -0.05) is 6.85 Å². The van der Waals surface area contributed by atoms with Crippen LogP contribution in [-0.2, 0) is 9.47 Å². The fourth-order valence-corrected chi connectivity index (χ4v) is 3.38. The van der Waals surface area contributed by atoms with E-state index in [0.717, 1.165) is 9.47 Å². The van der Waals surface area contributed by atoms with E-state index in [2.05, 4.69) is 9.97 Å². The second-order valence-electron chi connectivity index (χ2n) is 9.81. The smallest absolute Gasteiger partial charge is 0.420 e. The number of anilines is 1. The molecular formula is C23H35N5O4. The number of rotatable bonds is 2. The summed E-state index contributed by atoms with van der Waals surface area (Å²) in [7, 11) is 0. The number of likely N-dealkylation sites (N-methyl/N-ethyl adjacent to an activating group) is 1. The van der Waals surface area contributed by atoms with Crippen LogP contribution in [0.3, 0.4) is 0 Å². The van der Waals surface area contributed by atoms with Crippen molar-refractivity contribution in [2.45, 2.75) is 72.1 Å². The van der Waals surface area contributed by atoms with Gasteiger partial charge in [-0.05, 0) is 59.9 Å². The molecule has 0 N–H and O–H groups in total. The molecule has 1 amide bonds. The number of piperidine rings is 1. The van der Waals surface area contributed by atoms with Gasteiger partial charge in [-0.15, -0.1) is 0 Å². The van der Waals surface area contributed by atoms with Crippen molar-refractivity contribution in [1.29, 1.82) is 0 Å². The highest BCUT2D eigenvalue weighted by Crippen LogP contribution is 2.30. The minimum absolute atomic E-state index is 0.0200. The summed E-state index contributed by atoms with van der Waals surface area (Å²) in [6, 6.07) is 0.152. The standard InChI is InChI=1S/C23H35N5O4/c1-15-9-11-27(20(29)31-22(2,3)4)13-17(15)26(8)18-16-10-12-28(19(16)25-14-24-18)21(30)32-23(5,6)7/h10,12,14-15,17H,9,11,13H2,1-8H3/i1D3,8D3,14D. The van der Waals surface area contributed by atoms with E-state index in [1.165, 1.54) is 17.2 Å². The number of fused-ring (bicyclic) bond motifs is 1. The first-order chi connectivity index (χ1) is 17.6. The highest BCUT2D eigenvalue weighted by Gasteiger charge is 2.35. The van der Waals surface area contributed by atoms with Crippen LogP contribution in [0.5, 0.6) is 0 Å². The normalized spacial score (nSPS) is 23.7. The van der Waals surface area contributed by atoms with E-state index in [1.54, 1.807) is 41.5 Å². The lowest BCUT2D eigenvalue weighted by Crippen LogP contribution is -2.53. The maximum Gasteiger partial charge on any atom is 0.420 e. The van der Waals surface area contributed by atoms with Crippen molar-refractivity contribution in [2.24, 2.45) is 5.92 Å². The first-order valence-corrected chi connectivity index (χ1v) is 10.4. The fraction of sp³-hybridized carbons (Fsp3) is 0.652. The van der Waals surface area contributed by atoms with Gasteiger partial charge in [0.05, 0.1) is 11.4 Å². The summed E-state index contributed by atoms with van der Waals surface area (Å²) in [6.07, 6.45) is -0.777. The van der Waals surface area contributed by atoms with Crippen LogP contribution < -0.4 is 4.90 Å². The second-order valence-corrected chi connectivity index (χ2v) is 9.81. The van der Waals surface area contributed by atoms with Crippen LogP contribution in [0.15, 0.2) is 18.6 Å². The topological polar surface area (TPSA) is 89.8 Å². The molecule has 2 aromatic heterocycles. The van der Waals surface area contributed by atoms with Crippen molar-refractivity contribution in [3.8, 4) is 0 Å². The number of nitrogens with zero attached hydrogens (tertiary/aromatic N) is 5. The third kappa shape index (κ3) is 5.31. The molecular weight excluding hydrogens is 410 g/mol. The van der Waals surface area contributed by atoms with Gasteiger partial charge in [0, 0.05) is 34.5 Å². The van der Waals surface area contributed by atoms with Crippen LogP contribution in [0.25, 0.3) is 11.0 Å². The van der Waals surface area contributed by atoms with E-state index in [4.69, 9.17) is 19.1 Å². The molecule has 0 radical (unpaired) electrons. The van der Waals surface area contributed by atoms with E-state index in [0.29, 0.717) is 0 Å². The number of amides is 1. The zero-order valence-electron chi connectivity index (χ0n) is 26.3. The molecule has 2 aromatic rings. The van der Waals surface area contributed by atoms with Crippen LogP contribution in [0.2, 0.25) is 0 Å². The second kappa shape index (κ2) is 8.60. The quantitative estimate of drug-likeness (QED) is 0.671. The van der Waals surface area contributed by atoms with E-state index in [9.17, 15) is 9.59 Å². The summed E-state index contributed by atoms with van der Waals surface area (Å²) in [6.45, 7) is 4.38. The van der Waals surface area contributed by atoms with Gasteiger partial charge in [-0.25, -0.2) is 24.1 Å². The zero-order valence-corrected chi connectivity index (χ0v) is 19.3. The molecule has 0 bridgehead atoms. The first kappa shape index (κ1) is 15.9. The highest BCUT2D eigenvalue weighted by molar-refractivity contribution is 5.93. The van der Waals surface area contributed by atoms with Crippen LogP contribution >= 0.6 is 0 Å². The summed E-state index contributed by atoms with van der Waals surface area (Å²) in [5.74, 6) is -1.40. The SMILES string of the molecule is [2H]c1nc(N(C2CN(C(=O)OC(C)(C)C)CCC2C([2H])([2H])[2H])C([2H])([2H])[2H])c2ccn(C(=O)OC(C)(C)C)c2n1. The van der Waals surface area contributed by atoms with E-state index < -0.39 is 55.5 Å². The van der Waals surface area contributed by atoms with E-state index >= 15 is 0 Å². The lowest BCUT2D eigenvalue weighted by molar-refractivity contribution is 0.0165. The average Bonchev–Trinajstić information content (AvgIpc) is 3.13. The van der Waals surface area contributed by atoms with Gasteiger partial charge >= 0.3 is 12.2 Å². The van der Waals surface area contributed by atoms with Crippen LogP contribution in [0.4, 0.5) is 15.4 Å². The minimum Gasteiger partial charge on any atom is -0.444 e. The molecule has 32 heavy (non-hydrogen) atoms. The molecule has 1 saturated heterocycles. The molecule has 2 unspecified atom stereocenters. The zero-order chi connectivity index (χ0) is 29.7. The third-order valence-electron chi connectivity index (χ3n) is 4.80. The number of likely N-dealkylation sites (tertiary alicyclic amines) is 1. The molecule has 0 saturated carbocycles. The average molecular weight is 453 g/mol. The maximum absolute atomic E-state index is 12.9. The van der Waals surface area contributed by atoms with Gasteiger partial charge in [0.25, 0.3) is 0 Å². The summed E-state index contributed by atoms with van der Waals surface area (Å²) in [5, 5.41) is 0.103. The molecule has 1 fully saturated rings. The molecule has 2 atom stereocenters. The molecule has 9 heteroatoms. The minimum atomic E-state index is -2.94. The Morgan fingerprint density at radius 3 is 2.47 bits per heavy atom. The van der Waals surface area contributed by atoms with Gasteiger partial charge in [-0.2, -0.15) is 0 Å². The lowest BCUT2D eigenvalue weighted by atomic mass is 9.92. The van der Waals surface area contributed by atoms with Gasteiger partial charge < -0.3 is 19.3 Å². The molecule has 0 aromatic carbocycles. The van der Waals surface area contributed by atoms with Crippen molar-refractivity contribution < 1.29 is 28.7 Å². The Kier molecular flexibility index (Phi) is 4.27. The number of ether oxygens (including phenoxy) is 2. The maximum atomic E-state index is 12.9. The van der Waals surface area contributed by atoms with Crippen molar-refractivity contribution in [3.63, 3.8) is 0 Å². The number of carbonyl (C=O) groups excluding carboxylic acids is 2. The molecule has 1 aliphatic rings. The lowest BCUT2D eigenvalue weighted by Gasteiger charge is -2.42. The summed E-state index contributed by atoms with van der Waals surface area (Å²) in [5.41, 5.74) is -1.72. The predicted octanol–water partition coefficient (Wildman–Crippen LogP) is 4.30. The summed E-state index contributed by atoms with van der Waals surface area (Å²) >= 11 is 0. The highest BCUT2D eigenvalue weighted by atomic mass is 16.6. The Morgan fingerprint density at radius 1 is 1.16 bits per heavy atom. The Balaban J connectivity index is 2.17. The molecule has 0 aliphatic carbocycles. The third-order valence-corrected chi connectivity index (χ3v) is 4.80. The van der Waals surface area contributed by atoms with Crippen molar-refractivity contribution in [3.05, 3.63) is 18.6 Å². The van der Waals surface area contributed by atoms with E-state index in [-0.39, 0.29) is 36.4 Å². The molecule has 3 rings (SSSR count). The van der Waals surface area contributed by atoms with Gasteiger partial charge in [0.1, 0.15) is 24.7 Å². The summed E-state index contributed by atoms with van der Waals surface area (Å²) in [4.78, 5) is 35.9. The number of carbonyl (C=O) groups is 2.